The molecule has 0 aliphatic heterocycles. The maximum atomic E-state index is 12.0. The number of carbonyl (C=O) groups is 2. The van der Waals surface area contributed by atoms with Crippen LogP contribution >= 0.6 is 78.3 Å². The molecule has 0 spiro atoms. The van der Waals surface area contributed by atoms with E-state index in [-0.39, 0.29) is 31.2 Å². The van der Waals surface area contributed by atoms with Crippen LogP contribution in [0.2, 0.25) is 20.1 Å². The second-order valence-electron chi connectivity index (χ2n) is 3.24. The zero-order valence-electron chi connectivity index (χ0n) is 7.58. The Kier molecular flexibility index (Phi) is 3.61. The van der Waals surface area contributed by atoms with Gasteiger partial charge < -0.3 is 0 Å². The lowest BCUT2D eigenvalue weighted by Gasteiger charge is -2.07. The first kappa shape index (κ1) is 14.1. The van der Waals surface area contributed by atoms with Crippen molar-refractivity contribution in [1.82, 2.24) is 0 Å². The highest BCUT2D eigenvalue weighted by atomic mass is 79.9. The van der Waals surface area contributed by atoms with Gasteiger partial charge in [-0.1, -0.05) is 78.3 Å². The molecule has 2 nitrogen and oxygen atoms in total. The molecule has 90 valence electrons. The number of benzene rings is 1. The molecule has 1 aromatic rings. The van der Waals surface area contributed by atoms with Crippen molar-refractivity contribution in [2.45, 2.75) is 3.23 Å². The maximum absolute atomic E-state index is 12.0. The van der Waals surface area contributed by atoms with E-state index in [1.807, 2.05) is 0 Å². The zero-order chi connectivity index (χ0) is 13.1. The molecule has 0 saturated carbocycles. The van der Waals surface area contributed by atoms with Crippen molar-refractivity contribution in [3.8, 4) is 0 Å². The third kappa shape index (κ3) is 1.80. The summed E-state index contributed by atoms with van der Waals surface area (Å²) in [6.45, 7) is 0. The van der Waals surface area contributed by atoms with E-state index in [4.69, 9.17) is 46.4 Å². The van der Waals surface area contributed by atoms with Gasteiger partial charge in [-0.3, -0.25) is 9.59 Å². The first-order valence-corrected chi connectivity index (χ1v) is 7.14. The molecule has 0 radical (unpaired) electrons. The third-order valence-corrected chi connectivity index (χ3v) is 5.53. The van der Waals surface area contributed by atoms with Crippen molar-refractivity contribution in [3.05, 3.63) is 31.2 Å². The lowest BCUT2D eigenvalue weighted by Crippen LogP contribution is -2.26. The highest BCUT2D eigenvalue weighted by Crippen LogP contribution is 2.50. The Hall–Kier alpha value is 0.680. The summed E-state index contributed by atoms with van der Waals surface area (Å²) < 4.78 is -1.55. The number of rotatable bonds is 0. The molecule has 0 fully saturated rings. The molecule has 0 aromatic heterocycles. The van der Waals surface area contributed by atoms with Crippen LogP contribution in [0, 0.1) is 0 Å². The minimum atomic E-state index is -1.55. The number of ketones is 2. The minimum Gasteiger partial charge on any atom is -0.291 e. The van der Waals surface area contributed by atoms with Gasteiger partial charge in [-0.15, -0.1) is 0 Å². The van der Waals surface area contributed by atoms with Crippen LogP contribution < -0.4 is 0 Å². The zero-order valence-corrected chi connectivity index (χ0v) is 13.8. The smallest absolute Gasteiger partial charge is 0.205 e. The van der Waals surface area contributed by atoms with Gasteiger partial charge in [0.15, 0.2) is 0 Å². The fourth-order valence-electron chi connectivity index (χ4n) is 1.48. The van der Waals surface area contributed by atoms with Gasteiger partial charge >= 0.3 is 0 Å². The summed E-state index contributed by atoms with van der Waals surface area (Å²) in [5, 5.41) is -0.239. The topological polar surface area (TPSA) is 34.1 Å². The molecular formula is C9Br2Cl4O2. The monoisotopic (exact) mass is 438 g/mol. The number of hydrogen-bond donors (Lipinski definition) is 0. The molecule has 1 aliphatic rings. The molecule has 0 atom stereocenters. The first-order valence-electron chi connectivity index (χ1n) is 4.04. The number of carbonyl (C=O) groups excluding carboxylic acids is 2. The largest absolute Gasteiger partial charge is 0.291 e. The number of fused-ring (bicyclic) bond motifs is 1. The van der Waals surface area contributed by atoms with Crippen molar-refractivity contribution in [2.75, 3.05) is 0 Å². The lowest BCUT2D eigenvalue weighted by molar-refractivity contribution is 0.0922. The Balaban J connectivity index is 2.94. The molecule has 0 bridgehead atoms. The van der Waals surface area contributed by atoms with Gasteiger partial charge in [-0.25, -0.2) is 0 Å². The molecule has 0 N–H and O–H groups in total. The Bertz CT molecular complexity index is 534. The molecule has 1 aromatic carbocycles. The van der Waals surface area contributed by atoms with Crippen LogP contribution in [-0.4, -0.2) is 14.8 Å². The predicted molar refractivity (Wildman–Crippen MR) is 75.7 cm³/mol. The van der Waals surface area contributed by atoms with Crippen molar-refractivity contribution in [3.63, 3.8) is 0 Å². The van der Waals surface area contributed by atoms with Crippen molar-refractivity contribution >= 4 is 89.8 Å². The quantitative estimate of drug-likeness (QED) is 0.241. The fraction of sp³-hybridized carbons (Fsp3) is 0.111. The van der Waals surface area contributed by atoms with Crippen LogP contribution in [0.1, 0.15) is 20.7 Å². The lowest BCUT2D eigenvalue weighted by atomic mass is 10.1. The van der Waals surface area contributed by atoms with E-state index < -0.39 is 14.8 Å². The first-order chi connectivity index (χ1) is 7.71. The Morgan fingerprint density at radius 2 is 1.00 bits per heavy atom. The second kappa shape index (κ2) is 4.36. The highest BCUT2D eigenvalue weighted by molar-refractivity contribution is 9.26. The van der Waals surface area contributed by atoms with Crippen LogP contribution in [0.25, 0.3) is 0 Å². The average molecular weight is 442 g/mol. The Morgan fingerprint density at radius 3 is 1.29 bits per heavy atom. The summed E-state index contributed by atoms with van der Waals surface area (Å²) in [7, 11) is 0. The summed E-state index contributed by atoms with van der Waals surface area (Å²) in [5.41, 5.74) is -0.0466. The van der Waals surface area contributed by atoms with Gasteiger partial charge in [-0.2, -0.15) is 0 Å². The standard InChI is InChI=1S/C9Br2Cl4O2/c10-9(11)7(16)1-2(8(9)17)4(13)6(15)5(14)3(1)12. The van der Waals surface area contributed by atoms with E-state index in [9.17, 15) is 9.59 Å². The van der Waals surface area contributed by atoms with Crippen LogP contribution in [0.3, 0.4) is 0 Å². The molecule has 0 unspecified atom stereocenters. The van der Waals surface area contributed by atoms with Gasteiger partial charge in [0.25, 0.3) is 0 Å². The average Bonchev–Trinajstić information content (AvgIpc) is 2.45. The molecule has 1 aliphatic carbocycles. The van der Waals surface area contributed by atoms with E-state index in [0.29, 0.717) is 0 Å². The summed E-state index contributed by atoms with van der Waals surface area (Å²) >= 11 is 29.5. The van der Waals surface area contributed by atoms with E-state index in [1.165, 1.54) is 0 Å². The normalized spacial score (nSPS) is 17.5. The number of halogens is 6. The second-order valence-corrected chi connectivity index (χ2v) is 8.19. The Labute approximate surface area is 133 Å². The molecular weight excluding hydrogens is 442 g/mol. The van der Waals surface area contributed by atoms with Crippen molar-refractivity contribution < 1.29 is 9.59 Å². The summed E-state index contributed by atoms with van der Waals surface area (Å²) in [5.74, 6) is -1.11. The van der Waals surface area contributed by atoms with Gasteiger partial charge in [0.05, 0.1) is 31.2 Å². The molecule has 2 rings (SSSR count). The molecule has 0 amide bonds. The summed E-state index contributed by atoms with van der Waals surface area (Å²) in [6, 6.07) is 0. The molecule has 0 saturated heterocycles. The van der Waals surface area contributed by atoms with Crippen molar-refractivity contribution in [1.29, 1.82) is 0 Å². The maximum Gasteiger partial charge on any atom is 0.205 e. The van der Waals surface area contributed by atoms with Crippen LogP contribution in [-0.2, 0) is 0 Å². The van der Waals surface area contributed by atoms with Crippen LogP contribution in [0.4, 0.5) is 0 Å². The van der Waals surface area contributed by atoms with Gasteiger partial charge in [-0.05, 0) is 0 Å². The van der Waals surface area contributed by atoms with E-state index >= 15 is 0 Å². The molecule has 17 heavy (non-hydrogen) atoms. The fourth-order valence-corrected chi connectivity index (χ4v) is 3.29. The van der Waals surface area contributed by atoms with Crippen LogP contribution in [0.5, 0.6) is 0 Å². The van der Waals surface area contributed by atoms with Crippen LogP contribution in [0.15, 0.2) is 0 Å². The van der Waals surface area contributed by atoms with Gasteiger partial charge in [0.2, 0.25) is 14.8 Å². The van der Waals surface area contributed by atoms with Gasteiger partial charge in [0.1, 0.15) is 0 Å². The molecule has 0 heterocycles. The summed E-state index contributed by atoms with van der Waals surface area (Å²) in [4.78, 5) is 24.0. The van der Waals surface area contributed by atoms with E-state index in [1.54, 1.807) is 0 Å². The summed E-state index contributed by atoms with van der Waals surface area (Å²) in [6.07, 6.45) is 0. The molecule has 8 heteroatoms. The minimum absolute atomic E-state index is 0.0233. The predicted octanol–water partition coefficient (Wildman–Crippen LogP) is 5.17. The third-order valence-electron chi connectivity index (χ3n) is 2.29. The van der Waals surface area contributed by atoms with E-state index in [0.717, 1.165) is 0 Å². The number of hydrogen-bond acceptors (Lipinski definition) is 2. The van der Waals surface area contributed by atoms with Crippen molar-refractivity contribution in [2.24, 2.45) is 0 Å². The van der Waals surface area contributed by atoms with E-state index in [2.05, 4.69) is 31.9 Å². The SMILES string of the molecule is O=C1c2c(Cl)c(Cl)c(Cl)c(Cl)c2C(=O)C1(Br)Br. The van der Waals surface area contributed by atoms with Gasteiger partial charge in [0, 0.05) is 0 Å². The number of Topliss-reactive ketones (excluding diaryl/α,β-unsaturated/α-hetero) is 2. The number of alkyl halides is 2. The Morgan fingerprint density at radius 1 is 0.706 bits per heavy atom. The highest BCUT2D eigenvalue weighted by Gasteiger charge is 2.52.